The molecule has 1 rings (SSSR count). The van der Waals surface area contributed by atoms with Gasteiger partial charge in [0.1, 0.15) is 0 Å². The van der Waals surface area contributed by atoms with Crippen LogP contribution in [0, 0.1) is 16.0 Å². The van der Waals surface area contributed by atoms with Crippen molar-refractivity contribution in [1.82, 2.24) is 0 Å². The zero-order chi connectivity index (χ0) is 12.8. The van der Waals surface area contributed by atoms with Crippen LogP contribution in [0.1, 0.15) is 31.9 Å². The number of nitrogens with zero attached hydrogens (tertiary/aromatic N) is 1. The third kappa shape index (κ3) is 4.36. The van der Waals surface area contributed by atoms with Gasteiger partial charge in [0, 0.05) is 12.1 Å². The summed E-state index contributed by atoms with van der Waals surface area (Å²) >= 11 is 0. The molecule has 1 atom stereocenters. The minimum absolute atomic E-state index is 0.0404. The highest BCUT2D eigenvalue weighted by atomic mass is 16.6. The topological polar surface area (TPSA) is 63.4 Å². The van der Waals surface area contributed by atoms with Crippen LogP contribution in [0.25, 0.3) is 0 Å². The first-order valence-electron chi connectivity index (χ1n) is 5.59. The summed E-state index contributed by atoms with van der Waals surface area (Å²) < 4.78 is 0. The molecule has 0 aliphatic heterocycles. The van der Waals surface area contributed by atoms with Gasteiger partial charge in [0.2, 0.25) is 0 Å². The van der Waals surface area contributed by atoms with Crippen LogP contribution >= 0.6 is 0 Å². The van der Waals surface area contributed by atoms with Gasteiger partial charge in [-0.25, -0.2) is 0 Å². The monoisotopic (exact) mass is 235 g/mol. The van der Waals surface area contributed by atoms with E-state index in [9.17, 15) is 15.2 Å². The second kappa shape index (κ2) is 6.15. The molecule has 1 aromatic carbocycles. The lowest BCUT2D eigenvalue weighted by Crippen LogP contribution is -1.96. The number of aliphatic hydroxyl groups excluding tert-OH is 1. The van der Waals surface area contributed by atoms with Gasteiger partial charge in [-0.05, 0) is 30.0 Å². The van der Waals surface area contributed by atoms with E-state index in [4.69, 9.17) is 0 Å². The van der Waals surface area contributed by atoms with E-state index in [0.29, 0.717) is 17.9 Å². The van der Waals surface area contributed by atoms with Crippen molar-refractivity contribution in [3.05, 3.63) is 52.1 Å². The third-order valence-corrected chi connectivity index (χ3v) is 2.37. The summed E-state index contributed by atoms with van der Waals surface area (Å²) in [6.45, 7) is 4.13. The maximum Gasteiger partial charge on any atom is 0.269 e. The lowest BCUT2D eigenvalue weighted by molar-refractivity contribution is -0.384. The highest BCUT2D eigenvalue weighted by Crippen LogP contribution is 2.20. The lowest BCUT2D eigenvalue weighted by atomic mass is 10.1. The Morgan fingerprint density at radius 1 is 1.35 bits per heavy atom. The smallest absolute Gasteiger partial charge is 0.269 e. The largest absolute Gasteiger partial charge is 0.388 e. The summed E-state index contributed by atoms with van der Waals surface area (Å²) in [5.41, 5.74) is 0.739. The molecule has 4 heteroatoms. The van der Waals surface area contributed by atoms with Gasteiger partial charge >= 0.3 is 0 Å². The second-order valence-corrected chi connectivity index (χ2v) is 4.27. The van der Waals surface area contributed by atoms with E-state index in [0.717, 1.165) is 0 Å². The van der Waals surface area contributed by atoms with Crippen LogP contribution in [0.15, 0.2) is 36.4 Å². The van der Waals surface area contributed by atoms with Crippen molar-refractivity contribution < 1.29 is 10.0 Å². The zero-order valence-electron chi connectivity index (χ0n) is 10.0. The van der Waals surface area contributed by atoms with Gasteiger partial charge in [-0.2, -0.15) is 0 Å². The highest BCUT2D eigenvalue weighted by Gasteiger charge is 2.08. The van der Waals surface area contributed by atoms with Gasteiger partial charge in [0.05, 0.1) is 11.0 Å². The number of non-ortho nitro benzene ring substituents is 1. The fourth-order valence-electron chi connectivity index (χ4n) is 1.43. The van der Waals surface area contributed by atoms with Gasteiger partial charge in [0.15, 0.2) is 0 Å². The Balaban J connectivity index is 2.63. The standard InChI is InChI=1S/C13H17NO3/c1-10(2)4-3-5-13(15)11-6-8-12(9-7-11)14(16)17/h3-4,6-10,13,15H,5H2,1-2H3/b4-3-. The first-order valence-corrected chi connectivity index (χ1v) is 5.59. The van der Waals surface area contributed by atoms with Crippen LogP contribution in [0.4, 0.5) is 5.69 Å². The van der Waals surface area contributed by atoms with E-state index in [2.05, 4.69) is 13.8 Å². The Hall–Kier alpha value is -1.68. The molecule has 1 unspecified atom stereocenters. The number of allylic oxidation sites excluding steroid dienone is 1. The molecule has 0 aromatic heterocycles. The number of nitro benzene ring substituents is 1. The number of rotatable bonds is 5. The normalized spacial score (nSPS) is 13.2. The molecule has 17 heavy (non-hydrogen) atoms. The first kappa shape index (κ1) is 13.4. The van der Waals surface area contributed by atoms with E-state index < -0.39 is 11.0 Å². The molecule has 0 bridgehead atoms. The van der Waals surface area contributed by atoms with Gasteiger partial charge < -0.3 is 5.11 Å². The lowest BCUT2D eigenvalue weighted by Gasteiger charge is -2.08. The summed E-state index contributed by atoms with van der Waals surface area (Å²) in [6, 6.07) is 5.99. The van der Waals surface area contributed by atoms with Crippen LogP contribution in [0.5, 0.6) is 0 Å². The molecule has 0 saturated carbocycles. The molecule has 4 nitrogen and oxygen atoms in total. The number of benzene rings is 1. The Kier molecular flexibility index (Phi) is 4.84. The number of aliphatic hydroxyl groups is 1. The Labute approximate surface area is 101 Å². The summed E-state index contributed by atoms with van der Waals surface area (Å²) in [5, 5.41) is 20.3. The predicted octanol–water partition coefficient (Wildman–Crippen LogP) is 3.23. The SMILES string of the molecule is CC(C)/C=C\CC(O)c1ccc([N+](=O)[O-])cc1. The fourth-order valence-corrected chi connectivity index (χ4v) is 1.43. The maximum absolute atomic E-state index is 10.5. The number of hydrogen-bond donors (Lipinski definition) is 1. The number of hydrogen-bond acceptors (Lipinski definition) is 3. The molecule has 1 N–H and O–H groups in total. The Bertz CT molecular complexity index is 396. The van der Waals surface area contributed by atoms with Crippen molar-refractivity contribution in [1.29, 1.82) is 0 Å². The Morgan fingerprint density at radius 2 is 1.94 bits per heavy atom. The zero-order valence-corrected chi connectivity index (χ0v) is 10.0. The third-order valence-electron chi connectivity index (χ3n) is 2.37. The molecule has 0 radical (unpaired) electrons. The maximum atomic E-state index is 10.5. The van der Waals surface area contributed by atoms with Crippen LogP contribution in [0.2, 0.25) is 0 Å². The van der Waals surface area contributed by atoms with Crippen molar-refractivity contribution in [3.8, 4) is 0 Å². The molecular weight excluding hydrogens is 218 g/mol. The summed E-state index contributed by atoms with van der Waals surface area (Å²) in [6.07, 6.45) is 3.87. The molecule has 92 valence electrons. The van der Waals surface area contributed by atoms with Gasteiger partial charge in [-0.1, -0.05) is 26.0 Å². The van der Waals surface area contributed by atoms with Crippen LogP contribution in [0.3, 0.4) is 0 Å². The predicted molar refractivity (Wildman–Crippen MR) is 66.7 cm³/mol. The molecule has 1 aromatic rings. The average Bonchev–Trinajstić information content (AvgIpc) is 2.28. The molecular formula is C13H17NO3. The van der Waals surface area contributed by atoms with Crippen LogP contribution in [-0.4, -0.2) is 10.0 Å². The van der Waals surface area contributed by atoms with E-state index in [1.54, 1.807) is 12.1 Å². The van der Waals surface area contributed by atoms with E-state index in [1.807, 2.05) is 12.2 Å². The van der Waals surface area contributed by atoms with E-state index in [-0.39, 0.29) is 5.69 Å². The van der Waals surface area contributed by atoms with Crippen molar-refractivity contribution in [3.63, 3.8) is 0 Å². The summed E-state index contributed by atoms with van der Waals surface area (Å²) in [4.78, 5) is 10.0. The quantitative estimate of drug-likeness (QED) is 0.484. The van der Waals surface area contributed by atoms with E-state index >= 15 is 0 Å². The minimum Gasteiger partial charge on any atom is -0.388 e. The second-order valence-electron chi connectivity index (χ2n) is 4.27. The summed E-state index contributed by atoms with van der Waals surface area (Å²) in [5.74, 6) is 0.457. The molecule has 0 fully saturated rings. The van der Waals surface area contributed by atoms with Crippen LogP contribution in [-0.2, 0) is 0 Å². The number of nitro groups is 1. The average molecular weight is 235 g/mol. The van der Waals surface area contributed by atoms with E-state index in [1.165, 1.54) is 12.1 Å². The fraction of sp³-hybridized carbons (Fsp3) is 0.385. The summed E-state index contributed by atoms with van der Waals surface area (Å²) in [7, 11) is 0. The van der Waals surface area contributed by atoms with Gasteiger partial charge in [-0.15, -0.1) is 0 Å². The minimum atomic E-state index is -0.606. The molecule has 0 saturated heterocycles. The van der Waals surface area contributed by atoms with Crippen molar-refractivity contribution >= 4 is 5.69 Å². The molecule has 0 amide bonds. The first-order chi connectivity index (χ1) is 8.00. The van der Waals surface area contributed by atoms with Crippen molar-refractivity contribution in [2.45, 2.75) is 26.4 Å². The van der Waals surface area contributed by atoms with Crippen molar-refractivity contribution in [2.75, 3.05) is 0 Å². The Morgan fingerprint density at radius 3 is 2.41 bits per heavy atom. The molecule has 0 spiro atoms. The van der Waals surface area contributed by atoms with Gasteiger partial charge in [-0.3, -0.25) is 10.1 Å². The van der Waals surface area contributed by atoms with Crippen molar-refractivity contribution in [2.24, 2.45) is 5.92 Å². The highest BCUT2D eigenvalue weighted by molar-refractivity contribution is 5.33. The molecule has 0 aliphatic carbocycles. The van der Waals surface area contributed by atoms with Gasteiger partial charge in [0.25, 0.3) is 5.69 Å². The molecule has 0 heterocycles. The molecule has 0 aliphatic rings. The van der Waals surface area contributed by atoms with Crippen LogP contribution < -0.4 is 0 Å².